The van der Waals surface area contributed by atoms with E-state index in [4.69, 9.17) is 24.5 Å². The molecule has 1 aliphatic rings. The first-order valence-electron chi connectivity index (χ1n) is 13.0. The summed E-state index contributed by atoms with van der Waals surface area (Å²) >= 11 is 1.68. The predicted molar refractivity (Wildman–Crippen MR) is 145 cm³/mol. The van der Waals surface area contributed by atoms with E-state index in [1.165, 1.54) is 0 Å². The van der Waals surface area contributed by atoms with Crippen LogP contribution in [0.25, 0.3) is 0 Å². The molecule has 1 saturated heterocycles. The molecule has 37 heavy (non-hydrogen) atoms. The number of hydroxylamine groups is 1. The van der Waals surface area contributed by atoms with Crippen LogP contribution in [0.1, 0.15) is 68.5 Å². The van der Waals surface area contributed by atoms with Crippen LogP contribution in [0.4, 0.5) is 5.69 Å². The van der Waals surface area contributed by atoms with Crippen molar-refractivity contribution in [1.29, 1.82) is 0 Å². The van der Waals surface area contributed by atoms with E-state index < -0.39 is 6.29 Å². The van der Waals surface area contributed by atoms with E-state index in [1.807, 2.05) is 54.6 Å². The van der Waals surface area contributed by atoms with E-state index >= 15 is 0 Å². The third kappa shape index (κ3) is 10.4. The average Bonchev–Trinajstić information content (AvgIpc) is 2.93. The molecule has 2 aromatic rings. The molecule has 4 N–H and O–H groups in total. The molecule has 9 heteroatoms. The fourth-order valence-electron chi connectivity index (χ4n) is 4.28. The molecule has 8 nitrogen and oxygen atoms in total. The van der Waals surface area contributed by atoms with Gasteiger partial charge in [0.05, 0.1) is 18.8 Å². The molecular weight excluding hydrogens is 492 g/mol. The Morgan fingerprint density at radius 3 is 2.51 bits per heavy atom. The minimum Gasteiger partial charge on any atom is -0.396 e. The van der Waals surface area contributed by atoms with Crippen molar-refractivity contribution in [3.8, 4) is 0 Å². The lowest BCUT2D eigenvalue weighted by atomic mass is 10.0. The Balaban J connectivity index is 1.48. The third-order valence-electron chi connectivity index (χ3n) is 6.31. The Kier molecular flexibility index (Phi) is 13.4. The number of unbranched alkanes of at least 4 members (excludes halogenated alkanes) is 3. The molecule has 3 rings (SSSR count). The van der Waals surface area contributed by atoms with Crippen LogP contribution in [0.15, 0.2) is 54.6 Å². The number of methoxy groups -OCH3 is 1. The quantitative estimate of drug-likeness (QED) is 0.133. The highest BCUT2D eigenvalue weighted by Gasteiger charge is 2.32. The van der Waals surface area contributed by atoms with Gasteiger partial charge in [0, 0.05) is 42.7 Å². The van der Waals surface area contributed by atoms with Crippen LogP contribution in [-0.2, 0) is 19.0 Å². The number of benzene rings is 2. The Morgan fingerprint density at radius 2 is 1.81 bits per heavy atom. The summed E-state index contributed by atoms with van der Waals surface area (Å²) in [5.74, 6) is 1.49. The SMILES string of the molecule is COC(CCCCCCC(=O)Nc1ccc(C2CC(CSCCO)OC(c3ccccc3)O2)cc1)NO. The smallest absolute Gasteiger partial charge is 0.224 e. The number of carbonyl (C=O) groups is 1. The van der Waals surface area contributed by atoms with Crippen molar-refractivity contribution in [3.63, 3.8) is 0 Å². The van der Waals surface area contributed by atoms with Crippen LogP contribution in [-0.4, -0.2) is 53.8 Å². The molecular formula is C28H40N2O6S. The van der Waals surface area contributed by atoms with Gasteiger partial charge in [-0.15, -0.1) is 0 Å². The number of anilines is 1. The molecule has 0 bridgehead atoms. The van der Waals surface area contributed by atoms with Crippen LogP contribution >= 0.6 is 11.8 Å². The molecule has 0 radical (unpaired) electrons. The fraction of sp³-hybridized carbons (Fsp3) is 0.536. The van der Waals surface area contributed by atoms with Crippen LogP contribution in [0.5, 0.6) is 0 Å². The number of hydrogen-bond acceptors (Lipinski definition) is 8. The number of nitrogens with one attached hydrogen (secondary N) is 2. The van der Waals surface area contributed by atoms with Crippen molar-refractivity contribution in [2.75, 3.05) is 30.5 Å². The van der Waals surface area contributed by atoms with Gasteiger partial charge in [-0.05, 0) is 37.0 Å². The van der Waals surface area contributed by atoms with Crippen molar-refractivity contribution in [2.24, 2.45) is 0 Å². The Bertz CT molecular complexity index is 897. The zero-order valence-corrected chi connectivity index (χ0v) is 22.3. The summed E-state index contributed by atoms with van der Waals surface area (Å²) in [4.78, 5) is 12.4. The Hall–Kier alpha value is -1.98. The monoisotopic (exact) mass is 532 g/mol. The summed E-state index contributed by atoms with van der Waals surface area (Å²) in [7, 11) is 1.56. The van der Waals surface area contributed by atoms with E-state index in [0.29, 0.717) is 12.2 Å². The molecule has 2 aromatic carbocycles. The number of amides is 1. The average molecular weight is 533 g/mol. The molecule has 1 fully saturated rings. The second-order valence-electron chi connectivity index (χ2n) is 9.14. The molecule has 0 spiro atoms. The summed E-state index contributed by atoms with van der Waals surface area (Å²) in [5, 5.41) is 21.0. The lowest BCUT2D eigenvalue weighted by molar-refractivity contribution is -0.245. The highest BCUT2D eigenvalue weighted by atomic mass is 32.2. The number of aliphatic hydroxyl groups is 1. The molecule has 204 valence electrons. The summed E-state index contributed by atoms with van der Waals surface area (Å²) in [5.41, 5.74) is 4.93. The van der Waals surface area contributed by atoms with Gasteiger partial charge in [-0.3, -0.25) is 4.79 Å². The van der Waals surface area contributed by atoms with Gasteiger partial charge >= 0.3 is 0 Å². The third-order valence-corrected chi connectivity index (χ3v) is 7.39. The Morgan fingerprint density at radius 1 is 1.05 bits per heavy atom. The summed E-state index contributed by atoms with van der Waals surface area (Å²) < 4.78 is 17.6. The number of ether oxygens (including phenoxy) is 3. The van der Waals surface area contributed by atoms with Gasteiger partial charge in [0.25, 0.3) is 0 Å². The van der Waals surface area contributed by atoms with Crippen molar-refractivity contribution in [1.82, 2.24) is 5.48 Å². The summed E-state index contributed by atoms with van der Waals surface area (Å²) in [6, 6.07) is 17.8. The number of thioether (sulfide) groups is 1. The molecule has 1 aliphatic heterocycles. The number of rotatable bonds is 16. The zero-order valence-electron chi connectivity index (χ0n) is 21.5. The van der Waals surface area contributed by atoms with Gasteiger partial charge < -0.3 is 29.8 Å². The first-order valence-corrected chi connectivity index (χ1v) is 14.1. The van der Waals surface area contributed by atoms with Gasteiger partial charge in [0.15, 0.2) is 6.29 Å². The number of hydrogen-bond donors (Lipinski definition) is 4. The van der Waals surface area contributed by atoms with Crippen LogP contribution in [0, 0.1) is 0 Å². The largest absolute Gasteiger partial charge is 0.396 e. The lowest BCUT2D eigenvalue weighted by Gasteiger charge is -2.36. The van der Waals surface area contributed by atoms with E-state index in [0.717, 1.165) is 61.1 Å². The van der Waals surface area contributed by atoms with Crippen LogP contribution in [0.3, 0.4) is 0 Å². The van der Waals surface area contributed by atoms with E-state index in [2.05, 4.69) is 10.8 Å². The minimum absolute atomic E-state index is 0.00646. The summed E-state index contributed by atoms with van der Waals surface area (Å²) in [6.45, 7) is 0.157. The topological polar surface area (TPSA) is 109 Å². The second-order valence-corrected chi connectivity index (χ2v) is 10.3. The number of carbonyl (C=O) groups excluding carboxylic acids is 1. The normalized spacial score (nSPS) is 20.5. The lowest BCUT2D eigenvalue weighted by Crippen LogP contribution is -2.31. The van der Waals surface area contributed by atoms with Gasteiger partial charge in [0.1, 0.15) is 6.23 Å². The molecule has 1 amide bonds. The van der Waals surface area contributed by atoms with Gasteiger partial charge in [0.2, 0.25) is 5.91 Å². The van der Waals surface area contributed by atoms with Crippen molar-refractivity contribution < 1.29 is 29.3 Å². The maximum Gasteiger partial charge on any atom is 0.224 e. The first-order chi connectivity index (χ1) is 18.1. The zero-order chi connectivity index (χ0) is 26.3. The second kappa shape index (κ2) is 16.8. The number of aliphatic hydroxyl groups excluding tert-OH is 1. The summed E-state index contributed by atoms with van der Waals surface area (Å²) in [6.07, 6.45) is 4.73. The maximum absolute atomic E-state index is 12.4. The molecule has 4 unspecified atom stereocenters. The van der Waals surface area contributed by atoms with Crippen molar-refractivity contribution >= 4 is 23.4 Å². The molecule has 0 aliphatic carbocycles. The van der Waals surface area contributed by atoms with Crippen LogP contribution < -0.4 is 10.8 Å². The minimum atomic E-state index is -0.445. The molecule has 4 atom stereocenters. The predicted octanol–water partition coefficient (Wildman–Crippen LogP) is 5.19. The highest BCUT2D eigenvalue weighted by molar-refractivity contribution is 7.99. The van der Waals surface area contributed by atoms with E-state index in [9.17, 15) is 4.79 Å². The van der Waals surface area contributed by atoms with Crippen molar-refractivity contribution in [2.45, 2.75) is 69.7 Å². The molecule has 1 heterocycles. The van der Waals surface area contributed by atoms with Gasteiger partial charge in [-0.2, -0.15) is 17.2 Å². The van der Waals surface area contributed by atoms with E-state index in [1.54, 1.807) is 18.9 Å². The Labute approximate surface area is 224 Å². The van der Waals surface area contributed by atoms with E-state index in [-0.39, 0.29) is 30.9 Å². The highest BCUT2D eigenvalue weighted by Crippen LogP contribution is 2.38. The van der Waals surface area contributed by atoms with Gasteiger partial charge in [-0.1, -0.05) is 55.3 Å². The van der Waals surface area contributed by atoms with Crippen LogP contribution in [0.2, 0.25) is 0 Å². The molecule has 0 aromatic heterocycles. The standard InChI is InChI=1S/C28H40N2O6S/c1-34-27(30-33)12-8-3-2-7-11-26(32)29-23-15-13-21(14-16-23)25-19-24(20-37-18-17-31)35-28(36-25)22-9-5-4-6-10-22/h4-6,9-10,13-16,24-25,27-28,30-31,33H,2-3,7-8,11-12,17-20H2,1H3,(H,29,32). The first kappa shape index (κ1) is 29.6. The van der Waals surface area contributed by atoms with Gasteiger partial charge in [-0.25, -0.2) is 0 Å². The van der Waals surface area contributed by atoms with Crippen molar-refractivity contribution in [3.05, 3.63) is 65.7 Å². The fourth-order valence-corrected chi connectivity index (χ4v) is 5.06. The maximum atomic E-state index is 12.4. The molecule has 0 saturated carbocycles.